The normalized spacial score (nSPS) is 13.8. The van der Waals surface area contributed by atoms with Crippen molar-refractivity contribution >= 4 is 22.9 Å². The van der Waals surface area contributed by atoms with Crippen LogP contribution in [0.5, 0.6) is 11.5 Å². The van der Waals surface area contributed by atoms with E-state index in [1.165, 1.54) is 22.9 Å². The fraction of sp³-hybridized carbons (Fsp3) is 0.240. The second-order valence-corrected chi connectivity index (χ2v) is 8.12. The number of carbonyl (C=O) groups is 1. The first kappa shape index (κ1) is 20.4. The van der Waals surface area contributed by atoms with E-state index >= 15 is 0 Å². The van der Waals surface area contributed by atoms with Gasteiger partial charge in [-0.1, -0.05) is 36.4 Å². The summed E-state index contributed by atoms with van der Waals surface area (Å²) >= 11 is 1.72. The lowest BCUT2D eigenvalue weighted by atomic mass is 10.0. The van der Waals surface area contributed by atoms with Gasteiger partial charge in [-0.15, -0.1) is 11.3 Å². The van der Waals surface area contributed by atoms with Crippen molar-refractivity contribution in [2.45, 2.75) is 26.4 Å². The standard InChI is InChI=1S/C25H25NO3S/c1-18(27)29-21-9-10-24-23(16-21)22(25-20(17-28-24)12-15-30-25)8-5-13-26-14-11-19-6-3-2-4-7-19/h2-4,6-10,12,15-16,26H,5,11,13-14,17H2,1H3/b22-8+. The van der Waals surface area contributed by atoms with Crippen molar-refractivity contribution in [2.24, 2.45) is 0 Å². The van der Waals surface area contributed by atoms with Gasteiger partial charge in [0.15, 0.2) is 0 Å². The van der Waals surface area contributed by atoms with Gasteiger partial charge in [0.25, 0.3) is 0 Å². The summed E-state index contributed by atoms with van der Waals surface area (Å²) in [5.41, 5.74) is 4.65. The molecule has 0 unspecified atom stereocenters. The maximum absolute atomic E-state index is 11.4. The average Bonchev–Trinajstić information content (AvgIpc) is 3.15. The largest absolute Gasteiger partial charge is 0.488 e. The van der Waals surface area contributed by atoms with E-state index in [0.717, 1.165) is 42.8 Å². The summed E-state index contributed by atoms with van der Waals surface area (Å²) in [6.07, 6.45) is 4.18. The number of hydrogen-bond donors (Lipinski definition) is 1. The van der Waals surface area contributed by atoms with Gasteiger partial charge in [0, 0.05) is 22.9 Å². The summed E-state index contributed by atoms with van der Waals surface area (Å²) < 4.78 is 11.3. The summed E-state index contributed by atoms with van der Waals surface area (Å²) in [6.45, 7) is 3.81. The summed E-state index contributed by atoms with van der Waals surface area (Å²) in [4.78, 5) is 12.6. The minimum absolute atomic E-state index is 0.325. The predicted octanol–water partition coefficient (Wildman–Crippen LogP) is 5.22. The number of carbonyl (C=O) groups excluding carboxylic acids is 1. The summed E-state index contributed by atoms with van der Waals surface area (Å²) in [5, 5.41) is 5.62. The molecule has 0 atom stereocenters. The van der Waals surface area contributed by atoms with Crippen LogP contribution in [0.25, 0.3) is 5.57 Å². The van der Waals surface area contributed by atoms with Crippen LogP contribution in [0.2, 0.25) is 0 Å². The first-order valence-corrected chi connectivity index (χ1v) is 11.1. The Labute approximate surface area is 181 Å². The van der Waals surface area contributed by atoms with Crippen LogP contribution in [-0.2, 0) is 17.8 Å². The molecule has 2 aromatic carbocycles. The third-order valence-corrected chi connectivity index (χ3v) is 5.97. The topological polar surface area (TPSA) is 47.6 Å². The Morgan fingerprint density at radius 3 is 2.87 bits per heavy atom. The first-order valence-electron chi connectivity index (χ1n) is 10.2. The lowest BCUT2D eigenvalue weighted by Crippen LogP contribution is -2.18. The highest BCUT2D eigenvalue weighted by Crippen LogP contribution is 2.41. The Balaban J connectivity index is 1.48. The van der Waals surface area contributed by atoms with E-state index < -0.39 is 0 Å². The number of nitrogens with one attached hydrogen (secondary N) is 1. The predicted molar refractivity (Wildman–Crippen MR) is 121 cm³/mol. The maximum atomic E-state index is 11.4. The molecule has 1 aliphatic heterocycles. The molecule has 4 rings (SSSR count). The SMILES string of the molecule is CC(=O)Oc1ccc2c(c1)/C(=C\CCNCCc1ccccc1)c1sccc1CO2. The number of esters is 1. The smallest absolute Gasteiger partial charge is 0.308 e. The molecule has 30 heavy (non-hydrogen) atoms. The summed E-state index contributed by atoms with van der Waals surface area (Å²) in [7, 11) is 0. The lowest BCUT2D eigenvalue weighted by molar-refractivity contribution is -0.131. The van der Waals surface area contributed by atoms with Crippen LogP contribution in [0, 0.1) is 0 Å². The van der Waals surface area contributed by atoms with E-state index in [2.05, 4.69) is 47.1 Å². The zero-order valence-electron chi connectivity index (χ0n) is 17.0. The Morgan fingerprint density at radius 2 is 2.03 bits per heavy atom. The zero-order chi connectivity index (χ0) is 20.8. The van der Waals surface area contributed by atoms with Gasteiger partial charge in [0.1, 0.15) is 18.1 Å². The molecule has 154 valence electrons. The molecule has 4 nitrogen and oxygen atoms in total. The van der Waals surface area contributed by atoms with Crippen molar-refractivity contribution in [1.29, 1.82) is 0 Å². The minimum Gasteiger partial charge on any atom is -0.488 e. The number of rotatable bonds is 7. The molecule has 2 heterocycles. The van der Waals surface area contributed by atoms with Crippen LogP contribution in [-0.4, -0.2) is 19.1 Å². The highest BCUT2D eigenvalue weighted by Gasteiger charge is 2.21. The van der Waals surface area contributed by atoms with E-state index in [1.807, 2.05) is 18.2 Å². The molecular formula is C25H25NO3S. The second kappa shape index (κ2) is 9.74. The van der Waals surface area contributed by atoms with Gasteiger partial charge in [0.2, 0.25) is 0 Å². The fourth-order valence-corrected chi connectivity index (χ4v) is 4.53. The van der Waals surface area contributed by atoms with Crippen LogP contribution in [0.15, 0.2) is 66.1 Å². The number of benzene rings is 2. The van der Waals surface area contributed by atoms with E-state index in [9.17, 15) is 4.79 Å². The molecule has 0 fully saturated rings. The molecule has 0 amide bonds. The molecule has 3 aromatic rings. The fourth-order valence-electron chi connectivity index (χ4n) is 3.56. The Morgan fingerprint density at radius 1 is 1.17 bits per heavy atom. The molecular weight excluding hydrogens is 394 g/mol. The van der Waals surface area contributed by atoms with E-state index in [0.29, 0.717) is 12.4 Å². The highest BCUT2D eigenvalue weighted by molar-refractivity contribution is 7.11. The molecule has 0 bridgehead atoms. The third-order valence-electron chi connectivity index (χ3n) is 4.98. The molecule has 1 aromatic heterocycles. The average molecular weight is 420 g/mol. The van der Waals surface area contributed by atoms with E-state index in [4.69, 9.17) is 9.47 Å². The number of thiophene rings is 1. The van der Waals surface area contributed by atoms with Crippen LogP contribution in [0.1, 0.15) is 34.9 Å². The Bertz CT molecular complexity index is 1040. The van der Waals surface area contributed by atoms with Crippen molar-refractivity contribution in [3.8, 4) is 11.5 Å². The monoisotopic (exact) mass is 419 g/mol. The zero-order valence-corrected chi connectivity index (χ0v) is 17.8. The first-order chi connectivity index (χ1) is 14.7. The van der Waals surface area contributed by atoms with Crippen LogP contribution >= 0.6 is 11.3 Å². The summed E-state index contributed by atoms with van der Waals surface area (Å²) in [5.74, 6) is 1.03. The van der Waals surface area contributed by atoms with Crippen molar-refractivity contribution in [3.05, 3.63) is 87.6 Å². The lowest BCUT2D eigenvalue weighted by Gasteiger charge is -2.12. The second-order valence-electron chi connectivity index (χ2n) is 7.21. The molecule has 0 saturated heterocycles. The molecule has 0 radical (unpaired) electrons. The molecule has 0 spiro atoms. The Hall–Kier alpha value is -2.89. The molecule has 1 N–H and O–H groups in total. The van der Waals surface area contributed by atoms with Crippen LogP contribution in [0.3, 0.4) is 0 Å². The van der Waals surface area contributed by atoms with Gasteiger partial charge in [-0.05, 0) is 66.7 Å². The van der Waals surface area contributed by atoms with E-state index in [-0.39, 0.29) is 5.97 Å². The number of fused-ring (bicyclic) bond motifs is 2. The van der Waals surface area contributed by atoms with Gasteiger partial charge >= 0.3 is 5.97 Å². The maximum Gasteiger partial charge on any atom is 0.308 e. The highest BCUT2D eigenvalue weighted by atomic mass is 32.1. The molecule has 1 aliphatic rings. The van der Waals surface area contributed by atoms with Gasteiger partial charge < -0.3 is 14.8 Å². The van der Waals surface area contributed by atoms with Crippen molar-refractivity contribution in [2.75, 3.05) is 13.1 Å². The molecule has 5 heteroatoms. The van der Waals surface area contributed by atoms with Gasteiger partial charge in [-0.3, -0.25) is 4.79 Å². The summed E-state index contributed by atoms with van der Waals surface area (Å²) in [6, 6.07) is 18.2. The van der Waals surface area contributed by atoms with Crippen LogP contribution in [0.4, 0.5) is 0 Å². The van der Waals surface area contributed by atoms with E-state index in [1.54, 1.807) is 17.4 Å². The van der Waals surface area contributed by atoms with Gasteiger partial charge in [0.05, 0.1) is 0 Å². The molecule has 0 saturated carbocycles. The third kappa shape index (κ3) is 4.99. The van der Waals surface area contributed by atoms with Crippen molar-refractivity contribution < 1.29 is 14.3 Å². The Kier molecular flexibility index (Phi) is 6.62. The van der Waals surface area contributed by atoms with Crippen molar-refractivity contribution in [1.82, 2.24) is 5.32 Å². The minimum atomic E-state index is -0.325. The van der Waals surface area contributed by atoms with Crippen LogP contribution < -0.4 is 14.8 Å². The number of ether oxygens (including phenoxy) is 2. The van der Waals surface area contributed by atoms with Gasteiger partial charge in [-0.2, -0.15) is 0 Å². The quantitative estimate of drug-likeness (QED) is 0.324. The molecule has 0 aliphatic carbocycles. The van der Waals surface area contributed by atoms with Gasteiger partial charge in [-0.25, -0.2) is 0 Å². The van der Waals surface area contributed by atoms with Crippen molar-refractivity contribution in [3.63, 3.8) is 0 Å². The number of hydrogen-bond acceptors (Lipinski definition) is 5.